The molecule has 0 amide bonds. The van der Waals surface area contributed by atoms with Crippen LogP contribution in [0.4, 0.5) is 0 Å². The first-order valence-corrected chi connectivity index (χ1v) is 4.91. The van der Waals surface area contributed by atoms with E-state index in [0.29, 0.717) is 6.42 Å². The van der Waals surface area contributed by atoms with Crippen molar-refractivity contribution in [3.8, 4) is 0 Å². The minimum absolute atomic E-state index is 0.0379. The lowest BCUT2D eigenvalue weighted by Gasteiger charge is -2.09. The van der Waals surface area contributed by atoms with E-state index in [-0.39, 0.29) is 5.76 Å². The third-order valence-electron chi connectivity index (χ3n) is 2.39. The Hall–Kier alpha value is -1.77. The van der Waals surface area contributed by atoms with Gasteiger partial charge in [0.1, 0.15) is 5.76 Å². The lowest BCUT2D eigenvalue weighted by atomic mass is 10.1. The number of carbonyl (C=O) groups excluding carboxylic acids is 1. The monoisotopic (exact) mass is 204 g/mol. The van der Waals surface area contributed by atoms with E-state index in [2.05, 4.69) is 0 Å². The second kappa shape index (κ2) is 4.17. The fraction of sp³-hybridized carbons (Fsp3) is 0.250. The second-order valence-electron chi connectivity index (χ2n) is 3.52. The molecule has 0 radical (unpaired) electrons. The second-order valence-corrected chi connectivity index (χ2v) is 3.52. The molecule has 1 aliphatic heterocycles. The van der Waals surface area contributed by atoms with Gasteiger partial charge in [-0.15, -0.1) is 0 Å². The highest BCUT2D eigenvalue weighted by Gasteiger charge is 2.25. The van der Waals surface area contributed by atoms with Gasteiger partial charge in [0.25, 0.3) is 0 Å². The van der Waals surface area contributed by atoms with Crippen molar-refractivity contribution in [2.24, 2.45) is 0 Å². The highest BCUT2D eigenvalue weighted by atomic mass is 16.6. The third kappa shape index (κ3) is 2.37. The van der Waals surface area contributed by atoms with Crippen LogP contribution in [0, 0.1) is 0 Å². The summed E-state index contributed by atoms with van der Waals surface area (Å²) in [5.74, 6) is -0.415. The molecular weight excluding hydrogens is 192 g/mol. The Morgan fingerprint density at radius 1 is 1.27 bits per heavy atom. The first-order valence-electron chi connectivity index (χ1n) is 4.91. The Morgan fingerprint density at radius 3 is 2.60 bits per heavy atom. The number of rotatable bonds is 3. The molecule has 0 saturated carbocycles. The number of esters is 1. The molecule has 1 aromatic carbocycles. The molecular formula is C12H12O3. The Kier molecular flexibility index (Phi) is 2.72. The Bertz CT molecular complexity index is 381. The van der Waals surface area contributed by atoms with E-state index in [1.165, 1.54) is 5.56 Å². The number of cyclic esters (lactones) is 1. The average Bonchev–Trinajstić information content (AvgIpc) is 2.56. The summed E-state index contributed by atoms with van der Waals surface area (Å²) in [6, 6.07) is 9.91. The van der Waals surface area contributed by atoms with Crippen molar-refractivity contribution in [2.75, 3.05) is 0 Å². The van der Waals surface area contributed by atoms with Gasteiger partial charge in [0.05, 0.1) is 6.08 Å². The summed E-state index contributed by atoms with van der Waals surface area (Å²) in [6.07, 6.45) is 2.09. The van der Waals surface area contributed by atoms with Gasteiger partial charge in [0.2, 0.25) is 0 Å². The van der Waals surface area contributed by atoms with Crippen LogP contribution in [0.15, 0.2) is 42.2 Å². The van der Waals surface area contributed by atoms with Crippen molar-refractivity contribution in [1.82, 2.24) is 0 Å². The number of hydrogen-bond donors (Lipinski definition) is 1. The molecule has 0 bridgehead atoms. The molecule has 1 N–H and O–H groups in total. The van der Waals surface area contributed by atoms with Gasteiger partial charge < -0.3 is 9.84 Å². The molecule has 1 aliphatic rings. The number of ether oxygens (including phenoxy) is 1. The zero-order valence-corrected chi connectivity index (χ0v) is 8.22. The number of aliphatic hydroxyl groups is 1. The SMILES string of the molecule is O=C1C=C(O)C(CCc2ccccc2)O1. The summed E-state index contributed by atoms with van der Waals surface area (Å²) >= 11 is 0. The van der Waals surface area contributed by atoms with Gasteiger partial charge in [-0.2, -0.15) is 0 Å². The smallest absolute Gasteiger partial charge is 0.335 e. The Labute approximate surface area is 88.0 Å². The highest BCUT2D eigenvalue weighted by molar-refractivity contribution is 5.85. The molecule has 3 heteroatoms. The summed E-state index contributed by atoms with van der Waals surface area (Å²) in [4.78, 5) is 10.8. The van der Waals surface area contributed by atoms with Gasteiger partial charge in [0, 0.05) is 0 Å². The van der Waals surface area contributed by atoms with Crippen molar-refractivity contribution in [3.63, 3.8) is 0 Å². The molecule has 1 unspecified atom stereocenters. The molecule has 1 aromatic rings. The molecule has 0 fully saturated rings. The van der Waals surface area contributed by atoms with Crippen LogP contribution in [0.3, 0.4) is 0 Å². The fourth-order valence-corrected chi connectivity index (χ4v) is 1.60. The van der Waals surface area contributed by atoms with E-state index in [1.54, 1.807) is 0 Å². The first-order chi connectivity index (χ1) is 7.25. The van der Waals surface area contributed by atoms with Crippen LogP contribution in [0.2, 0.25) is 0 Å². The molecule has 0 aliphatic carbocycles. The minimum atomic E-state index is -0.460. The molecule has 3 nitrogen and oxygen atoms in total. The Morgan fingerprint density at radius 2 is 2.00 bits per heavy atom. The molecule has 1 atom stereocenters. The lowest BCUT2D eigenvalue weighted by molar-refractivity contribution is -0.139. The molecule has 1 heterocycles. The van der Waals surface area contributed by atoms with Gasteiger partial charge in [-0.25, -0.2) is 4.79 Å². The zero-order valence-electron chi connectivity index (χ0n) is 8.22. The van der Waals surface area contributed by atoms with Crippen LogP contribution < -0.4 is 0 Å². The summed E-state index contributed by atoms with van der Waals surface area (Å²) in [6.45, 7) is 0. The van der Waals surface area contributed by atoms with Crippen LogP contribution in [-0.2, 0) is 16.0 Å². The number of aliphatic hydroxyl groups excluding tert-OH is 1. The maximum absolute atomic E-state index is 10.8. The van der Waals surface area contributed by atoms with Crippen molar-refractivity contribution < 1.29 is 14.6 Å². The van der Waals surface area contributed by atoms with E-state index < -0.39 is 12.1 Å². The maximum Gasteiger partial charge on any atom is 0.335 e. The maximum atomic E-state index is 10.8. The van der Waals surface area contributed by atoms with Crippen molar-refractivity contribution >= 4 is 5.97 Å². The van der Waals surface area contributed by atoms with Gasteiger partial charge in [-0.3, -0.25) is 0 Å². The number of carbonyl (C=O) groups is 1. The summed E-state index contributed by atoms with van der Waals surface area (Å²) in [5, 5.41) is 9.35. The first kappa shape index (κ1) is 9.77. The minimum Gasteiger partial charge on any atom is -0.508 e. The third-order valence-corrected chi connectivity index (χ3v) is 2.39. The largest absolute Gasteiger partial charge is 0.508 e. The van der Waals surface area contributed by atoms with Crippen molar-refractivity contribution in [1.29, 1.82) is 0 Å². The molecule has 0 aromatic heterocycles. The highest BCUT2D eigenvalue weighted by Crippen LogP contribution is 2.18. The van der Waals surface area contributed by atoms with Crippen LogP contribution in [-0.4, -0.2) is 17.2 Å². The van der Waals surface area contributed by atoms with E-state index in [9.17, 15) is 9.90 Å². The van der Waals surface area contributed by atoms with Crippen molar-refractivity contribution in [3.05, 3.63) is 47.7 Å². The molecule has 15 heavy (non-hydrogen) atoms. The van der Waals surface area contributed by atoms with Crippen molar-refractivity contribution in [2.45, 2.75) is 18.9 Å². The summed E-state index contributed by atoms with van der Waals surface area (Å²) in [7, 11) is 0. The number of benzene rings is 1. The number of hydrogen-bond acceptors (Lipinski definition) is 3. The van der Waals surface area contributed by atoms with E-state index in [4.69, 9.17) is 4.74 Å². The summed E-state index contributed by atoms with van der Waals surface area (Å²) < 4.78 is 4.91. The van der Waals surface area contributed by atoms with Crippen LogP contribution in [0.25, 0.3) is 0 Å². The van der Waals surface area contributed by atoms with Gasteiger partial charge in [-0.1, -0.05) is 30.3 Å². The average molecular weight is 204 g/mol. The number of aryl methyl sites for hydroxylation is 1. The van der Waals surface area contributed by atoms with Gasteiger partial charge in [0.15, 0.2) is 6.10 Å². The van der Waals surface area contributed by atoms with E-state index in [1.807, 2.05) is 30.3 Å². The molecule has 0 spiro atoms. The zero-order chi connectivity index (χ0) is 10.7. The topological polar surface area (TPSA) is 46.5 Å². The molecule has 0 saturated heterocycles. The summed E-state index contributed by atoms with van der Waals surface area (Å²) in [5.41, 5.74) is 1.17. The van der Waals surface area contributed by atoms with E-state index >= 15 is 0 Å². The quantitative estimate of drug-likeness (QED) is 0.766. The Balaban J connectivity index is 1.90. The normalized spacial score (nSPS) is 19.9. The van der Waals surface area contributed by atoms with Crippen LogP contribution in [0.1, 0.15) is 12.0 Å². The predicted molar refractivity (Wildman–Crippen MR) is 55.4 cm³/mol. The van der Waals surface area contributed by atoms with Gasteiger partial charge >= 0.3 is 5.97 Å². The van der Waals surface area contributed by atoms with E-state index in [0.717, 1.165) is 12.5 Å². The fourth-order valence-electron chi connectivity index (χ4n) is 1.60. The molecule has 2 rings (SSSR count). The molecule has 78 valence electrons. The lowest BCUT2D eigenvalue weighted by Crippen LogP contribution is -2.12. The van der Waals surface area contributed by atoms with Crippen LogP contribution in [0.5, 0.6) is 0 Å². The van der Waals surface area contributed by atoms with Crippen LogP contribution >= 0.6 is 0 Å². The standard InChI is InChI=1S/C12H12O3/c13-10-8-12(14)15-11(10)7-6-9-4-2-1-3-5-9/h1-5,8,11,13H,6-7H2. The van der Waals surface area contributed by atoms with Gasteiger partial charge in [-0.05, 0) is 18.4 Å². The predicted octanol–water partition coefficient (Wildman–Crippen LogP) is 1.99.